The summed E-state index contributed by atoms with van der Waals surface area (Å²) < 4.78 is 28.3. The molecule has 0 heterocycles. The number of anilines is 2. The Morgan fingerprint density at radius 2 is 1.74 bits per heavy atom. The van der Waals surface area contributed by atoms with Gasteiger partial charge in [0.05, 0.1) is 11.4 Å². The minimum atomic E-state index is -3.68. The van der Waals surface area contributed by atoms with E-state index in [1.54, 1.807) is 36.4 Å². The summed E-state index contributed by atoms with van der Waals surface area (Å²) in [5.41, 5.74) is 6.45. The summed E-state index contributed by atoms with van der Waals surface area (Å²) in [6.07, 6.45) is 0. The van der Waals surface area contributed by atoms with Crippen LogP contribution < -0.4 is 10.5 Å². The molecule has 0 amide bonds. The smallest absolute Gasteiger partial charge is 0.263 e. The van der Waals surface area contributed by atoms with Crippen LogP contribution in [0.3, 0.4) is 0 Å². The van der Waals surface area contributed by atoms with E-state index in [2.05, 4.69) is 36.6 Å². The second-order valence-electron chi connectivity index (χ2n) is 3.77. The zero-order chi connectivity index (χ0) is 14.0. The molecule has 0 radical (unpaired) electrons. The highest BCUT2D eigenvalue weighted by atomic mass is 79.9. The number of benzene rings is 2. The topological polar surface area (TPSA) is 72.2 Å². The Bertz CT molecular complexity index is 717. The molecule has 4 nitrogen and oxygen atoms in total. The van der Waals surface area contributed by atoms with Crippen molar-refractivity contribution in [2.75, 3.05) is 10.5 Å². The monoisotopic (exact) mass is 404 g/mol. The van der Waals surface area contributed by atoms with E-state index in [1.807, 2.05) is 0 Å². The van der Waals surface area contributed by atoms with Crippen molar-refractivity contribution in [1.29, 1.82) is 0 Å². The first-order valence-electron chi connectivity index (χ1n) is 5.22. The lowest BCUT2D eigenvalue weighted by atomic mass is 10.3. The molecule has 3 N–H and O–H groups in total. The molecule has 0 unspecified atom stereocenters. The quantitative estimate of drug-likeness (QED) is 0.766. The van der Waals surface area contributed by atoms with Gasteiger partial charge in [-0.25, -0.2) is 8.42 Å². The van der Waals surface area contributed by atoms with E-state index in [1.165, 1.54) is 6.07 Å². The summed E-state index contributed by atoms with van der Waals surface area (Å²) in [5.74, 6) is 0. The lowest BCUT2D eigenvalue weighted by Gasteiger charge is -2.11. The standard InChI is InChI=1S/C12H10Br2N2O2S/c13-8-5-6-12(9(14)7-8)19(17,18)16-11-4-2-1-3-10(11)15/h1-7,16H,15H2. The van der Waals surface area contributed by atoms with Crippen LogP contribution in [0.4, 0.5) is 11.4 Å². The Balaban J connectivity index is 2.41. The van der Waals surface area contributed by atoms with E-state index >= 15 is 0 Å². The third-order valence-electron chi connectivity index (χ3n) is 2.39. The Hall–Kier alpha value is -1.05. The minimum absolute atomic E-state index is 0.152. The van der Waals surface area contributed by atoms with E-state index in [-0.39, 0.29) is 4.90 Å². The summed E-state index contributed by atoms with van der Waals surface area (Å²) in [7, 11) is -3.68. The fourth-order valence-corrected chi connectivity index (χ4v) is 4.32. The number of para-hydroxylation sites is 2. The largest absolute Gasteiger partial charge is 0.397 e. The molecule has 0 bridgehead atoms. The maximum absolute atomic E-state index is 12.3. The van der Waals surface area contributed by atoms with E-state index in [4.69, 9.17) is 5.73 Å². The zero-order valence-electron chi connectivity index (χ0n) is 9.60. The second-order valence-corrected chi connectivity index (χ2v) is 7.19. The number of nitrogen functional groups attached to an aromatic ring is 1. The lowest BCUT2D eigenvalue weighted by Crippen LogP contribution is -2.14. The molecule has 0 aromatic heterocycles. The first-order chi connectivity index (χ1) is 8.90. The van der Waals surface area contributed by atoms with E-state index < -0.39 is 10.0 Å². The third kappa shape index (κ3) is 3.29. The van der Waals surface area contributed by atoms with Gasteiger partial charge in [-0.2, -0.15) is 0 Å². The van der Waals surface area contributed by atoms with Gasteiger partial charge in [0.2, 0.25) is 0 Å². The van der Waals surface area contributed by atoms with Crippen LogP contribution >= 0.6 is 31.9 Å². The van der Waals surface area contributed by atoms with Crippen molar-refractivity contribution in [2.45, 2.75) is 4.90 Å². The second kappa shape index (κ2) is 5.52. The van der Waals surface area contributed by atoms with Crippen molar-refractivity contribution in [3.63, 3.8) is 0 Å². The van der Waals surface area contributed by atoms with Crippen molar-refractivity contribution < 1.29 is 8.42 Å². The number of nitrogens with one attached hydrogen (secondary N) is 1. The Kier molecular flexibility index (Phi) is 4.17. The van der Waals surface area contributed by atoms with E-state index in [0.717, 1.165) is 4.47 Å². The zero-order valence-corrected chi connectivity index (χ0v) is 13.6. The van der Waals surface area contributed by atoms with Crippen molar-refractivity contribution in [3.8, 4) is 0 Å². The predicted octanol–water partition coefficient (Wildman–Crippen LogP) is 3.59. The van der Waals surface area contributed by atoms with Crippen LogP contribution in [0.5, 0.6) is 0 Å². The van der Waals surface area contributed by atoms with Gasteiger partial charge < -0.3 is 5.73 Å². The highest BCUT2D eigenvalue weighted by molar-refractivity contribution is 9.11. The van der Waals surface area contributed by atoms with Crippen LogP contribution in [-0.2, 0) is 10.0 Å². The van der Waals surface area contributed by atoms with Crippen LogP contribution in [-0.4, -0.2) is 8.42 Å². The summed E-state index contributed by atoms with van der Waals surface area (Å²) in [5, 5.41) is 0. The lowest BCUT2D eigenvalue weighted by molar-refractivity contribution is 0.601. The molecular weight excluding hydrogens is 396 g/mol. The van der Waals surface area contributed by atoms with E-state index in [0.29, 0.717) is 15.8 Å². The van der Waals surface area contributed by atoms with Crippen molar-refractivity contribution in [2.24, 2.45) is 0 Å². The number of nitrogens with two attached hydrogens (primary N) is 1. The number of sulfonamides is 1. The molecule has 0 fully saturated rings. The molecule has 0 aliphatic heterocycles. The fraction of sp³-hybridized carbons (Fsp3) is 0. The molecule has 2 aromatic carbocycles. The van der Waals surface area contributed by atoms with Gasteiger partial charge in [0.15, 0.2) is 0 Å². The Morgan fingerprint density at radius 1 is 1.05 bits per heavy atom. The molecule has 19 heavy (non-hydrogen) atoms. The summed E-state index contributed by atoms with van der Waals surface area (Å²) in [6.45, 7) is 0. The average molecular weight is 406 g/mol. The molecule has 0 atom stereocenters. The molecule has 0 aliphatic carbocycles. The summed E-state index contributed by atoms with van der Waals surface area (Å²) >= 11 is 6.51. The van der Waals surface area contributed by atoms with Crippen LogP contribution in [0, 0.1) is 0 Å². The average Bonchev–Trinajstić information content (AvgIpc) is 2.31. The van der Waals surface area contributed by atoms with E-state index in [9.17, 15) is 8.42 Å². The molecule has 7 heteroatoms. The number of hydrogen-bond donors (Lipinski definition) is 2. The van der Waals surface area contributed by atoms with Crippen LogP contribution in [0.25, 0.3) is 0 Å². The van der Waals surface area contributed by atoms with Crippen LogP contribution in [0.1, 0.15) is 0 Å². The molecule has 2 rings (SSSR count). The number of rotatable bonds is 3. The molecular formula is C12H10Br2N2O2S. The maximum atomic E-state index is 12.3. The van der Waals surface area contributed by atoms with Gasteiger partial charge in [0.1, 0.15) is 4.90 Å². The third-order valence-corrected chi connectivity index (χ3v) is 5.22. The van der Waals surface area contributed by atoms with Gasteiger partial charge in [0, 0.05) is 8.95 Å². The first-order valence-corrected chi connectivity index (χ1v) is 8.29. The summed E-state index contributed by atoms with van der Waals surface area (Å²) in [4.78, 5) is 0.152. The van der Waals surface area contributed by atoms with Gasteiger partial charge in [-0.05, 0) is 46.3 Å². The first kappa shape index (κ1) is 14.4. The van der Waals surface area contributed by atoms with Crippen LogP contribution in [0.2, 0.25) is 0 Å². The van der Waals surface area contributed by atoms with Gasteiger partial charge >= 0.3 is 0 Å². The molecule has 2 aromatic rings. The molecule has 0 spiro atoms. The highest BCUT2D eigenvalue weighted by Gasteiger charge is 2.18. The fourth-order valence-electron chi connectivity index (χ4n) is 1.48. The number of hydrogen-bond acceptors (Lipinski definition) is 3. The van der Waals surface area contributed by atoms with Crippen molar-refractivity contribution in [3.05, 3.63) is 51.4 Å². The predicted molar refractivity (Wildman–Crippen MR) is 83.5 cm³/mol. The SMILES string of the molecule is Nc1ccccc1NS(=O)(=O)c1ccc(Br)cc1Br. The molecule has 100 valence electrons. The maximum Gasteiger partial charge on any atom is 0.263 e. The van der Waals surface area contributed by atoms with Crippen molar-refractivity contribution in [1.82, 2.24) is 0 Å². The molecule has 0 saturated carbocycles. The van der Waals surface area contributed by atoms with Crippen LogP contribution in [0.15, 0.2) is 56.3 Å². The molecule has 0 saturated heterocycles. The summed E-state index contributed by atoms with van der Waals surface area (Å²) in [6, 6.07) is 11.5. The van der Waals surface area contributed by atoms with Gasteiger partial charge in [-0.1, -0.05) is 28.1 Å². The Labute approximate surface area is 128 Å². The Morgan fingerprint density at radius 3 is 2.37 bits per heavy atom. The number of halogens is 2. The van der Waals surface area contributed by atoms with Gasteiger partial charge in [0.25, 0.3) is 10.0 Å². The minimum Gasteiger partial charge on any atom is -0.397 e. The normalized spacial score (nSPS) is 11.3. The van der Waals surface area contributed by atoms with Gasteiger partial charge in [-0.15, -0.1) is 0 Å². The molecule has 0 aliphatic rings. The van der Waals surface area contributed by atoms with Crippen molar-refractivity contribution >= 4 is 53.3 Å². The van der Waals surface area contributed by atoms with Gasteiger partial charge in [-0.3, -0.25) is 4.72 Å². The highest BCUT2D eigenvalue weighted by Crippen LogP contribution is 2.28.